The highest BCUT2D eigenvalue weighted by Gasteiger charge is 2.14. The van der Waals surface area contributed by atoms with Crippen molar-refractivity contribution in [3.8, 4) is 0 Å². The molecule has 0 aliphatic rings. The van der Waals surface area contributed by atoms with Gasteiger partial charge in [0.25, 0.3) is 5.91 Å². The van der Waals surface area contributed by atoms with Crippen molar-refractivity contribution in [1.82, 2.24) is 10.6 Å². The second-order valence-corrected chi connectivity index (χ2v) is 7.88. The number of hydrogen-bond donors (Lipinski definition) is 2. The van der Waals surface area contributed by atoms with Gasteiger partial charge in [0.2, 0.25) is 0 Å². The first kappa shape index (κ1) is 20.6. The van der Waals surface area contributed by atoms with E-state index in [-0.39, 0.29) is 10.5 Å². The number of esters is 1. The van der Waals surface area contributed by atoms with E-state index in [0.717, 1.165) is 12.7 Å². The monoisotopic (exact) mass is 370 g/mol. The van der Waals surface area contributed by atoms with Gasteiger partial charge in [-0.3, -0.25) is 10.1 Å². The van der Waals surface area contributed by atoms with E-state index in [9.17, 15) is 22.8 Å². The van der Waals surface area contributed by atoms with Crippen molar-refractivity contribution in [3.05, 3.63) is 29.8 Å². The topological polar surface area (TPSA) is 119 Å². The van der Waals surface area contributed by atoms with Crippen LogP contribution in [0.5, 0.6) is 0 Å². The van der Waals surface area contributed by atoms with Crippen LogP contribution in [-0.2, 0) is 19.4 Å². The number of sulfone groups is 1. The molecule has 0 aliphatic carbocycles. The third-order valence-electron chi connectivity index (χ3n) is 3.11. The summed E-state index contributed by atoms with van der Waals surface area (Å²) in [6.07, 6.45) is 1.83. The molecule has 0 aromatic heterocycles. The summed E-state index contributed by atoms with van der Waals surface area (Å²) < 4.78 is 27.5. The molecule has 0 fully saturated rings. The molecule has 0 radical (unpaired) electrons. The fourth-order valence-electron chi connectivity index (χ4n) is 1.73. The van der Waals surface area contributed by atoms with Crippen molar-refractivity contribution in [3.63, 3.8) is 0 Å². The van der Waals surface area contributed by atoms with E-state index in [1.807, 2.05) is 19.2 Å². The van der Waals surface area contributed by atoms with Crippen LogP contribution in [0.15, 0.2) is 29.2 Å². The molecule has 0 heterocycles. The summed E-state index contributed by atoms with van der Waals surface area (Å²) >= 11 is 0. The molecule has 2 N–H and O–H groups in total. The number of urea groups is 1. The van der Waals surface area contributed by atoms with Crippen molar-refractivity contribution in [2.75, 3.05) is 19.4 Å². The minimum Gasteiger partial charge on any atom is -0.452 e. The van der Waals surface area contributed by atoms with E-state index in [4.69, 9.17) is 4.74 Å². The number of rotatable bonds is 7. The quantitative estimate of drug-likeness (QED) is 0.694. The second kappa shape index (κ2) is 9.16. The third-order valence-corrected chi connectivity index (χ3v) is 4.24. The molecule has 25 heavy (non-hydrogen) atoms. The Morgan fingerprint density at radius 1 is 1.12 bits per heavy atom. The molecule has 1 aromatic rings. The number of benzene rings is 1. The van der Waals surface area contributed by atoms with Gasteiger partial charge in [0.15, 0.2) is 16.4 Å². The Balaban J connectivity index is 2.43. The van der Waals surface area contributed by atoms with Crippen molar-refractivity contribution >= 4 is 27.7 Å². The van der Waals surface area contributed by atoms with Crippen LogP contribution in [0.25, 0.3) is 0 Å². The molecule has 0 bridgehead atoms. The van der Waals surface area contributed by atoms with Gasteiger partial charge in [-0.1, -0.05) is 13.8 Å². The summed E-state index contributed by atoms with van der Waals surface area (Å²) in [5, 5.41) is 4.56. The first-order valence-electron chi connectivity index (χ1n) is 7.64. The number of carbonyl (C=O) groups excluding carboxylic acids is 3. The number of imide groups is 1. The van der Waals surface area contributed by atoms with Crippen molar-refractivity contribution < 1.29 is 27.5 Å². The normalized spacial score (nSPS) is 11.0. The Kier molecular flexibility index (Phi) is 7.56. The van der Waals surface area contributed by atoms with Crippen LogP contribution in [0.3, 0.4) is 0 Å². The average Bonchev–Trinajstić information content (AvgIpc) is 2.51. The minimum absolute atomic E-state index is 0.0693. The van der Waals surface area contributed by atoms with E-state index in [0.29, 0.717) is 12.5 Å². The third kappa shape index (κ3) is 7.79. The van der Waals surface area contributed by atoms with Gasteiger partial charge in [0.1, 0.15) is 0 Å². The first-order valence-corrected chi connectivity index (χ1v) is 9.53. The van der Waals surface area contributed by atoms with E-state index in [2.05, 4.69) is 5.32 Å². The van der Waals surface area contributed by atoms with Crippen molar-refractivity contribution in [2.24, 2.45) is 5.92 Å². The molecule has 8 nitrogen and oxygen atoms in total. The van der Waals surface area contributed by atoms with Crippen LogP contribution in [0, 0.1) is 5.92 Å². The maximum Gasteiger partial charge on any atom is 0.338 e. The summed E-state index contributed by atoms with van der Waals surface area (Å²) in [6, 6.07) is 4.46. The largest absolute Gasteiger partial charge is 0.452 e. The summed E-state index contributed by atoms with van der Waals surface area (Å²) in [5.41, 5.74) is 0.0987. The molecule has 0 aliphatic heterocycles. The number of nitrogens with one attached hydrogen (secondary N) is 2. The van der Waals surface area contributed by atoms with Crippen LogP contribution in [0.2, 0.25) is 0 Å². The lowest BCUT2D eigenvalue weighted by Gasteiger charge is -2.08. The van der Waals surface area contributed by atoms with E-state index in [1.165, 1.54) is 24.3 Å². The molecule has 3 amide bonds. The smallest absolute Gasteiger partial charge is 0.338 e. The highest BCUT2D eigenvalue weighted by Crippen LogP contribution is 2.11. The summed E-state index contributed by atoms with van der Waals surface area (Å²) in [5.74, 6) is -1.13. The molecule has 0 saturated carbocycles. The van der Waals surface area contributed by atoms with Gasteiger partial charge in [-0.2, -0.15) is 0 Å². The van der Waals surface area contributed by atoms with E-state index >= 15 is 0 Å². The molecule has 9 heteroatoms. The molecule has 1 aromatic carbocycles. The van der Waals surface area contributed by atoms with Gasteiger partial charge in [0.05, 0.1) is 10.5 Å². The number of carbonyl (C=O) groups is 3. The molecule has 0 spiro atoms. The Labute approximate surface area is 146 Å². The van der Waals surface area contributed by atoms with Crippen LogP contribution in [-0.4, -0.2) is 45.7 Å². The van der Waals surface area contributed by atoms with Crippen LogP contribution < -0.4 is 10.6 Å². The Morgan fingerprint density at radius 3 is 2.24 bits per heavy atom. The molecule has 0 unspecified atom stereocenters. The number of ether oxygens (including phenoxy) is 1. The Hall–Kier alpha value is -2.42. The Bertz CT molecular complexity index is 725. The fourth-order valence-corrected chi connectivity index (χ4v) is 2.36. The van der Waals surface area contributed by atoms with E-state index in [1.54, 1.807) is 0 Å². The van der Waals surface area contributed by atoms with Gasteiger partial charge in [0, 0.05) is 12.8 Å². The van der Waals surface area contributed by atoms with Crippen molar-refractivity contribution in [2.45, 2.75) is 25.2 Å². The zero-order chi connectivity index (χ0) is 19.0. The van der Waals surface area contributed by atoms with Gasteiger partial charge < -0.3 is 10.1 Å². The summed E-state index contributed by atoms with van der Waals surface area (Å²) in [4.78, 5) is 34.8. The van der Waals surface area contributed by atoms with Crippen LogP contribution in [0.4, 0.5) is 4.79 Å². The molecular weight excluding hydrogens is 348 g/mol. The molecular formula is C16H22N2O6S. The van der Waals surface area contributed by atoms with Crippen LogP contribution >= 0.6 is 0 Å². The zero-order valence-electron chi connectivity index (χ0n) is 14.4. The first-order chi connectivity index (χ1) is 11.6. The lowest BCUT2D eigenvalue weighted by Crippen LogP contribution is -2.41. The molecule has 0 atom stereocenters. The maximum atomic E-state index is 11.8. The van der Waals surface area contributed by atoms with Gasteiger partial charge in [-0.25, -0.2) is 18.0 Å². The predicted molar refractivity (Wildman–Crippen MR) is 90.8 cm³/mol. The standard InChI is InChI=1S/C16H22N2O6S/c1-11(2)8-9-17-16(21)18-14(19)10-24-15(20)12-4-6-13(7-5-12)25(3,22)23/h4-7,11H,8-10H2,1-3H3,(H2,17,18,19,21). The van der Waals surface area contributed by atoms with Gasteiger partial charge in [-0.15, -0.1) is 0 Å². The fraction of sp³-hybridized carbons (Fsp3) is 0.438. The maximum absolute atomic E-state index is 11.8. The van der Waals surface area contributed by atoms with E-state index < -0.39 is 34.4 Å². The number of hydrogen-bond acceptors (Lipinski definition) is 6. The van der Waals surface area contributed by atoms with Crippen LogP contribution in [0.1, 0.15) is 30.6 Å². The summed E-state index contributed by atoms with van der Waals surface area (Å²) in [7, 11) is -3.36. The predicted octanol–water partition coefficient (Wildman–Crippen LogP) is 1.12. The van der Waals surface area contributed by atoms with Crippen molar-refractivity contribution in [1.29, 1.82) is 0 Å². The molecule has 138 valence electrons. The zero-order valence-corrected chi connectivity index (χ0v) is 15.2. The molecule has 0 saturated heterocycles. The number of amides is 3. The highest BCUT2D eigenvalue weighted by atomic mass is 32.2. The second-order valence-electron chi connectivity index (χ2n) is 5.86. The Morgan fingerprint density at radius 2 is 1.72 bits per heavy atom. The lowest BCUT2D eigenvalue weighted by atomic mass is 10.1. The average molecular weight is 370 g/mol. The summed E-state index contributed by atoms with van der Waals surface area (Å²) in [6.45, 7) is 3.83. The highest BCUT2D eigenvalue weighted by molar-refractivity contribution is 7.90. The SMILES string of the molecule is CC(C)CCNC(=O)NC(=O)COC(=O)c1ccc(S(C)(=O)=O)cc1. The minimum atomic E-state index is -3.36. The van der Waals surface area contributed by atoms with Gasteiger partial charge >= 0.3 is 12.0 Å². The lowest BCUT2D eigenvalue weighted by molar-refractivity contribution is -0.123. The molecule has 1 rings (SSSR count). The van der Waals surface area contributed by atoms with Gasteiger partial charge in [-0.05, 0) is 36.6 Å².